The Balaban J connectivity index is 0.000000963. The first-order valence-corrected chi connectivity index (χ1v) is 6.79. The monoisotopic (exact) mass is 244 g/mol. The molecule has 3 aliphatic rings. The van der Waals surface area contributed by atoms with E-state index < -0.39 is 0 Å². The third kappa shape index (κ3) is 2.55. The number of likely N-dealkylation sites (tertiary alicyclic amines) is 1. The normalized spacial score (nSPS) is 36.0. The molecule has 3 rings (SSSR count). The molecule has 16 heavy (non-hydrogen) atoms. The second-order valence-electron chi connectivity index (χ2n) is 6.06. The molecule has 3 heteroatoms. The minimum absolute atomic E-state index is 0. The van der Waals surface area contributed by atoms with Crippen molar-refractivity contribution in [2.45, 2.75) is 38.5 Å². The molecule has 1 unspecified atom stereocenters. The van der Waals surface area contributed by atoms with Crippen LogP contribution in [0.4, 0.5) is 0 Å². The van der Waals surface area contributed by atoms with Gasteiger partial charge in [0.1, 0.15) is 0 Å². The largest absolute Gasteiger partial charge is 0.316 e. The van der Waals surface area contributed by atoms with Crippen LogP contribution >= 0.6 is 12.4 Å². The van der Waals surface area contributed by atoms with Crippen molar-refractivity contribution in [3.8, 4) is 0 Å². The lowest BCUT2D eigenvalue weighted by Crippen LogP contribution is -2.31. The molecule has 0 bridgehead atoms. The fraction of sp³-hybridized carbons (Fsp3) is 1.00. The van der Waals surface area contributed by atoms with E-state index in [1.54, 1.807) is 0 Å². The summed E-state index contributed by atoms with van der Waals surface area (Å²) >= 11 is 0. The van der Waals surface area contributed by atoms with E-state index in [1.165, 1.54) is 71.2 Å². The van der Waals surface area contributed by atoms with Gasteiger partial charge in [0, 0.05) is 19.6 Å². The molecule has 1 atom stereocenters. The number of hydrogen-bond donors (Lipinski definition) is 1. The molecule has 1 spiro atoms. The van der Waals surface area contributed by atoms with E-state index in [0.717, 1.165) is 5.92 Å². The maximum atomic E-state index is 3.54. The average Bonchev–Trinajstić information content (AvgIpc) is 2.92. The highest BCUT2D eigenvalue weighted by molar-refractivity contribution is 5.85. The summed E-state index contributed by atoms with van der Waals surface area (Å²) in [4.78, 5) is 2.75. The first kappa shape index (κ1) is 12.7. The summed E-state index contributed by atoms with van der Waals surface area (Å²) in [5.74, 6) is 1.04. The Kier molecular flexibility index (Phi) is 4.15. The van der Waals surface area contributed by atoms with Crippen LogP contribution in [0.2, 0.25) is 0 Å². The lowest BCUT2D eigenvalue weighted by molar-refractivity contribution is 0.241. The molecule has 1 N–H and O–H groups in total. The quantitative estimate of drug-likeness (QED) is 0.802. The van der Waals surface area contributed by atoms with Crippen molar-refractivity contribution in [1.82, 2.24) is 10.2 Å². The summed E-state index contributed by atoms with van der Waals surface area (Å²) in [5.41, 5.74) is 0.679. The molecule has 0 aromatic heterocycles. The zero-order chi connectivity index (χ0) is 10.1. The Bertz CT molecular complexity index is 220. The topological polar surface area (TPSA) is 15.3 Å². The molecule has 2 saturated heterocycles. The fourth-order valence-electron chi connectivity index (χ4n) is 3.89. The highest BCUT2D eigenvalue weighted by Gasteiger charge is 2.40. The van der Waals surface area contributed by atoms with Crippen LogP contribution in [0.25, 0.3) is 0 Å². The lowest BCUT2D eigenvalue weighted by Gasteiger charge is -2.24. The van der Waals surface area contributed by atoms with Crippen LogP contribution in [0.1, 0.15) is 38.5 Å². The average molecular weight is 245 g/mol. The molecule has 94 valence electrons. The Labute approximate surface area is 106 Å². The number of hydrogen-bond acceptors (Lipinski definition) is 2. The molecule has 1 aliphatic carbocycles. The Morgan fingerprint density at radius 1 is 1.19 bits per heavy atom. The molecule has 0 radical (unpaired) electrons. The van der Waals surface area contributed by atoms with Gasteiger partial charge in [-0.15, -0.1) is 12.4 Å². The predicted molar refractivity (Wildman–Crippen MR) is 70.2 cm³/mol. The predicted octanol–water partition coefficient (Wildman–Crippen LogP) is 2.28. The summed E-state index contributed by atoms with van der Waals surface area (Å²) in [6.07, 6.45) is 8.86. The molecule has 3 fully saturated rings. The summed E-state index contributed by atoms with van der Waals surface area (Å²) in [5, 5.41) is 3.54. The summed E-state index contributed by atoms with van der Waals surface area (Å²) < 4.78 is 0. The summed E-state index contributed by atoms with van der Waals surface area (Å²) in [7, 11) is 0. The van der Waals surface area contributed by atoms with Crippen molar-refractivity contribution < 1.29 is 0 Å². The van der Waals surface area contributed by atoms with E-state index in [1.807, 2.05) is 0 Å². The standard InChI is InChI=1S/C13H24N2.ClH/c1-2-4-12(3-1)9-15-8-6-13(11-15)5-7-14-10-13;/h12,14H,1-11H2;1H. The van der Waals surface area contributed by atoms with Gasteiger partial charge in [-0.25, -0.2) is 0 Å². The van der Waals surface area contributed by atoms with Crippen LogP contribution < -0.4 is 5.32 Å². The van der Waals surface area contributed by atoms with Crippen molar-refractivity contribution in [1.29, 1.82) is 0 Å². The second-order valence-corrected chi connectivity index (χ2v) is 6.06. The van der Waals surface area contributed by atoms with Gasteiger partial charge in [0.2, 0.25) is 0 Å². The molecule has 0 amide bonds. The third-order valence-corrected chi connectivity index (χ3v) is 4.84. The number of rotatable bonds is 2. The zero-order valence-electron chi connectivity index (χ0n) is 10.2. The van der Waals surface area contributed by atoms with Gasteiger partial charge in [0.15, 0.2) is 0 Å². The van der Waals surface area contributed by atoms with Crippen molar-refractivity contribution in [2.75, 3.05) is 32.7 Å². The van der Waals surface area contributed by atoms with E-state index in [4.69, 9.17) is 0 Å². The van der Waals surface area contributed by atoms with Gasteiger partial charge in [-0.2, -0.15) is 0 Å². The fourth-order valence-corrected chi connectivity index (χ4v) is 3.89. The van der Waals surface area contributed by atoms with Crippen LogP contribution in [-0.4, -0.2) is 37.6 Å². The van der Waals surface area contributed by atoms with Gasteiger partial charge in [0.25, 0.3) is 0 Å². The van der Waals surface area contributed by atoms with E-state index in [9.17, 15) is 0 Å². The van der Waals surface area contributed by atoms with E-state index in [2.05, 4.69) is 10.2 Å². The summed E-state index contributed by atoms with van der Waals surface area (Å²) in [6.45, 7) is 6.71. The summed E-state index contributed by atoms with van der Waals surface area (Å²) in [6, 6.07) is 0. The van der Waals surface area contributed by atoms with E-state index in [-0.39, 0.29) is 12.4 Å². The number of nitrogens with one attached hydrogen (secondary N) is 1. The van der Waals surface area contributed by atoms with Gasteiger partial charge in [-0.3, -0.25) is 0 Å². The Hall–Kier alpha value is 0.210. The highest BCUT2D eigenvalue weighted by atomic mass is 35.5. The van der Waals surface area contributed by atoms with Crippen LogP contribution in [0, 0.1) is 11.3 Å². The first-order valence-electron chi connectivity index (χ1n) is 6.79. The van der Waals surface area contributed by atoms with Gasteiger partial charge in [0.05, 0.1) is 0 Å². The van der Waals surface area contributed by atoms with Crippen molar-refractivity contribution >= 4 is 12.4 Å². The van der Waals surface area contributed by atoms with Crippen LogP contribution in [0.3, 0.4) is 0 Å². The van der Waals surface area contributed by atoms with Gasteiger partial charge in [-0.05, 0) is 50.1 Å². The third-order valence-electron chi connectivity index (χ3n) is 4.84. The first-order chi connectivity index (χ1) is 7.36. The Morgan fingerprint density at radius 2 is 2.00 bits per heavy atom. The molecule has 0 aromatic rings. The maximum absolute atomic E-state index is 3.54. The molecule has 1 saturated carbocycles. The van der Waals surface area contributed by atoms with Crippen molar-refractivity contribution in [3.63, 3.8) is 0 Å². The van der Waals surface area contributed by atoms with E-state index in [0.29, 0.717) is 5.41 Å². The lowest BCUT2D eigenvalue weighted by atomic mass is 9.86. The van der Waals surface area contributed by atoms with Crippen LogP contribution in [0.5, 0.6) is 0 Å². The van der Waals surface area contributed by atoms with Crippen molar-refractivity contribution in [2.24, 2.45) is 11.3 Å². The molecular weight excluding hydrogens is 220 g/mol. The SMILES string of the molecule is C1CCC(CN2CCC3(CCNC3)C2)C1.Cl. The minimum Gasteiger partial charge on any atom is -0.316 e. The van der Waals surface area contributed by atoms with Crippen molar-refractivity contribution in [3.05, 3.63) is 0 Å². The highest BCUT2D eigenvalue weighted by Crippen LogP contribution is 2.37. The van der Waals surface area contributed by atoms with Crippen LogP contribution in [-0.2, 0) is 0 Å². The second kappa shape index (κ2) is 5.24. The number of nitrogens with zero attached hydrogens (tertiary/aromatic N) is 1. The molecule has 0 aromatic carbocycles. The van der Waals surface area contributed by atoms with Gasteiger partial charge < -0.3 is 10.2 Å². The molecular formula is C13H25ClN2. The zero-order valence-corrected chi connectivity index (χ0v) is 11.0. The van der Waals surface area contributed by atoms with Gasteiger partial charge >= 0.3 is 0 Å². The van der Waals surface area contributed by atoms with Crippen LogP contribution in [0.15, 0.2) is 0 Å². The molecule has 2 aliphatic heterocycles. The molecule has 2 heterocycles. The minimum atomic E-state index is 0. The maximum Gasteiger partial charge on any atom is 0.00512 e. The Morgan fingerprint density at radius 3 is 2.69 bits per heavy atom. The number of halogens is 1. The van der Waals surface area contributed by atoms with E-state index >= 15 is 0 Å². The molecule has 2 nitrogen and oxygen atoms in total. The van der Waals surface area contributed by atoms with Gasteiger partial charge in [-0.1, -0.05) is 12.8 Å². The smallest absolute Gasteiger partial charge is 0.00512 e.